The molecule has 0 amide bonds. The number of carboxylic acid groups (broad SMARTS) is 1. The van der Waals surface area contributed by atoms with E-state index < -0.39 is 36.3 Å². The lowest BCUT2D eigenvalue weighted by atomic mass is 9.90. The molecule has 0 radical (unpaired) electrons. The third-order valence-corrected chi connectivity index (χ3v) is 3.86. The fourth-order valence-electron chi connectivity index (χ4n) is 2.31. The van der Waals surface area contributed by atoms with Crippen molar-refractivity contribution in [2.45, 2.75) is 25.1 Å². The predicted molar refractivity (Wildman–Crippen MR) is 84.4 cm³/mol. The van der Waals surface area contributed by atoms with Crippen LogP contribution in [0.2, 0.25) is 5.15 Å². The van der Waals surface area contributed by atoms with Gasteiger partial charge in [-0.2, -0.15) is 17.6 Å². The standard InChI is InChI=1S/C17H14ClF4NO4/c18-13-5-4-10(8-23-13)14(24)12(15(25)26)7-9-2-1-3-11(6-9)27-17(21,22)16(19)20/h1-6,8,12,14,16,24H,7H2,(H,25,26)/p-1. The van der Waals surface area contributed by atoms with Gasteiger partial charge in [0.1, 0.15) is 10.9 Å². The van der Waals surface area contributed by atoms with Crippen molar-refractivity contribution < 1.29 is 37.3 Å². The largest absolute Gasteiger partial charge is 0.550 e. The van der Waals surface area contributed by atoms with Gasteiger partial charge in [0.05, 0.1) is 6.10 Å². The minimum atomic E-state index is -4.69. The molecule has 0 saturated carbocycles. The summed E-state index contributed by atoms with van der Waals surface area (Å²) in [4.78, 5) is 15.2. The van der Waals surface area contributed by atoms with Crippen LogP contribution in [0, 0.1) is 5.92 Å². The average Bonchev–Trinajstić information content (AvgIpc) is 2.59. The molecule has 0 saturated heterocycles. The van der Waals surface area contributed by atoms with Gasteiger partial charge in [0.2, 0.25) is 0 Å². The van der Waals surface area contributed by atoms with Crippen molar-refractivity contribution in [2.75, 3.05) is 0 Å². The van der Waals surface area contributed by atoms with Crippen LogP contribution in [0.5, 0.6) is 5.75 Å². The van der Waals surface area contributed by atoms with Crippen LogP contribution in [0.4, 0.5) is 17.6 Å². The summed E-state index contributed by atoms with van der Waals surface area (Å²) in [6.07, 6.45) is -9.39. The third-order valence-electron chi connectivity index (χ3n) is 3.64. The molecule has 0 bridgehead atoms. The number of rotatable bonds is 8. The molecule has 0 aliphatic carbocycles. The van der Waals surface area contributed by atoms with Gasteiger partial charge in [0.25, 0.3) is 0 Å². The Morgan fingerprint density at radius 2 is 2.00 bits per heavy atom. The summed E-state index contributed by atoms with van der Waals surface area (Å²) in [6.45, 7) is 0. The maximum absolute atomic E-state index is 13.0. The van der Waals surface area contributed by atoms with E-state index in [9.17, 15) is 32.6 Å². The van der Waals surface area contributed by atoms with E-state index in [4.69, 9.17) is 11.6 Å². The van der Waals surface area contributed by atoms with Gasteiger partial charge in [-0.05, 0) is 35.7 Å². The second-order valence-corrected chi connectivity index (χ2v) is 5.99. The van der Waals surface area contributed by atoms with Gasteiger partial charge in [-0.15, -0.1) is 0 Å². The summed E-state index contributed by atoms with van der Waals surface area (Å²) >= 11 is 5.63. The van der Waals surface area contributed by atoms with Crippen LogP contribution in [-0.4, -0.2) is 28.6 Å². The Hall–Kier alpha value is -2.39. The predicted octanol–water partition coefficient (Wildman–Crippen LogP) is 2.61. The first kappa shape index (κ1) is 20.9. The van der Waals surface area contributed by atoms with E-state index in [1.807, 2.05) is 0 Å². The molecule has 0 fully saturated rings. The summed E-state index contributed by atoms with van der Waals surface area (Å²) in [5.74, 6) is -3.63. The maximum atomic E-state index is 13.0. The number of ether oxygens (including phenoxy) is 1. The second-order valence-electron chi connectivity index (χ2n) is 5.60. The molecule has 5 nitrogen and oxygen atoms in total. The number of carbonyl (C=O) groups excluding carboxylic acids is 1. The molecule has 1 aromatic heterocycles. The Labute approximate surface area is 156 Å². The Morgan fingerprint density at radius 1 is 1.30 bits per heavy atom. The molecule has 2 aromatic rings. The average molecular weight is 407 g/mol. The van der Waals surface area contributed by atoms with Crippen LogP contribution in [-0.2, 0) is 11.2 Å². The van der Waals surface area contributed by atoms with E-state index in [1.165, 1.54) is 30.5 Å². The van der Waals surface area contributed by atoms with E-state index in [0.717, 1.165) is 12.1 Å². The zero-order valence-corrected chi connectivity index (χ0v) is 14.2. The number of pyridine rings is 1. The maximum Gasteiger partial charge on any atom is 0.461 e. The number of hydrogen-bond donors (Lipinski definition) is 1. The minimum Gasteiger partial charge on any atom is -0.550 e. The van der Waals surface area contributed by atoms with Crippen LogP contribution in [0.1, 0.15) is 17.2 Å². The minimum absolute atomic E-state index is 0.140. The topological polar surface area (TPSA) is 82.5 Å². The number of carboxylic acids is 1. The normalized spacial score (nSPS) is 14.0. The van der Waals surface area contributed by atoms with Crippen molar-refractivity contribution in [2.24, 2.45) is 5.92 Å². The van der Waals surface area contributed by atoms with Crippen molar-refractivity contribution in [1.29, 1.82) is 0 Å². The smallest absolute Gasteiger partial charge is 0.461 e. The first-order chi connectivity index (χ1) is 12.6. The summed E-state index contributed by atoms with van der Waals surface area (Å²) in [6, 6.07) is 7.34. The molecule has 0 spiro atoms. The Balaban J connectivity index is 2.20. The number of carbonyl (C=O) groups is 1. The summed E-state index contributed by atoms with van der Waals surface area (Å²) in [7, 11) is 0. The number of benzene rings is 1. The van der Waals surface area contributed by atoms with Crippen LogP contribution in [0.25, 0.3) is 0 Å². The van der Waals surface area contributed by atoms with Crippen molar-refractivity contribution in [3.63, 3.8) is 0 Å². The van der Waals surface area contributed by atoms with Crippen LogP contribution in [0.3, 0.4) is 0 Å². The molecule has 1 heterocycles. The van der Waals surface area contributed by atoms with Gasteiger partial charge in [-0.3, -0.25) is 0 Å². The highest BCUT2D eigenvalue weighted by molar-refractivity contribution is 6.29. The molecule has 27 heavy (non-hydrogen) atoms. The van der Waals surface area contributed by atoms with Crippen molar-refractivity contribution in [3.8, 4) is 5.75 Å². The fourth-order valence-corrected chi connectivity index (χ4v) is 2.42. The van der Waals surface area contributed by atoms with Crippen molar-refractivity contribution in [3.05, 3.63) is 58.9 Å². The van der Waals surface area contributed by atoms with Crippen molar-refractivity contribution >= 4 is 17.6 Å². The lowest BCUT2D eigenvalue weighted by molar-refractivity contribution is -0.314. The Kier molecular flexibility index (Phi) is 6.61. The highest BCUT2D eigenvalue weighted by Gasteiger charge is 2.44. The molecule has 2 unspecified atom stereocenters. The number of aromatic nitrogens is 1. The summed E-state index contributed by atoms with van der Waals surface area (Å²) < 4.78 is 54.4. The summed E-state index contributed by atoms with van der Waals surface area (Å²) in [5.41, 5.74) is 0.318. The molecular formula is C17H13ClF4NO4-. The lowest BCUT2D eigenvalue weighted by Crippen LogP contribution is -2.36. The van der Waals surface area contributed by atoms with E-state index in [1.54, 1.807) is 0 Å². The highest BCUT2D eigenvalue weighted by atomic mass is 35.5. The second kappa shape index (κ2) is 8.53. The molecule has 0 aliphatic heterocycles. The van der Waals surface area contributed by atoms with Crippen LogP contribution >= 0.6 is 11.6 Å². The Morgan fingerprint density at radius 3 is 2.56 bits per heavy atom. The highest BCUT2D eigenvalue weighted by Crippen LogP contribution is 2.30. The first-order valence-corrected chi connectivity index (χ1v) is 7.92. The van der Waals surface area contributed by atoms with Gasteiger partial charge >= 0.3 is 12.5 Å². The van der Waals surface area contributed by atoms with Gasteiger partial charge in [-0.1, -0.05) is 29.8 Å². The Bertz CT molecular complexity index is 789. The SMILES string of the molecule is O=C([O-])C(Cc1cccc(OC(F)(F)C(F)F)c1)C(O)c1ccc(Cl)nc1. The number of halogens is 5. The molecule has 1 aromatic carbocycles. The van der Waals surface area contributed by atoms with Gasteiger partial charge < -0.3 is 19.7 Å². The number of alkyl halides is 4. The van der Waals surface area contributed by atoms with Gasteiger partial charge in [0.15, 0.2) is 0 Å². The van der Waals surface area contributed by atoms with Gasteiger partial charge in [-0.25, -0.2) is 4.98 Å². The van der Waals surface area contributed by atoms with Crippen LogP contribution < -0.4 is 9.84 Å². The number of hydrogen-bond acceptors (Lipinski definition) is 5. The van der Waals surface area contributed by atoms with E-state index in [-0.39, 0.29) is 22.7 Å². The molecule has 0 aliphatic rings. The molecule has 10 heteroatoms. The molecule has 146 valence electrons. The van der Waals surface area contributed by atoms with Gasteiger partial charge in [0, 0.05) is 18.1 Å². The molecule has 2 atom stereocenters. The quantitative estimate of drug-likeness (QED) is 0.538. The van der Waals surface area contributed by atoms with E-state index in [0.29, 0.717) is 0 Å². The zero-order valence-electron chi connectivity index (χ0n) is 13.5. The van der Waals surface area contributed by atoms with Crippen molar-refractivity contribution in [1.82, 2.24) is 4.98 Å². The lowest BCUT2D eigenvalue weighted by Gasteiger charge is -2.24. The number of nitrogens with zero attached hydrogens (tertiary/aromatic N) is 1. The fraction of sp³-hybridized carbons (Fsp3) is 0.294. The monoisotopic (exact) mass is 406 g/mol. The number of aliphatic hydroxyl groups excluding tert-OH is 1. The zero-order chi connectivity index (χ0) is 20.2. The third kappa shape index (κ3) is 5.54. The molecular weight excluding hydrogens is 394 g/mol. The molecule has 1 N–H and O–H groups in total. The number of aliphatic carboxylic acids is 1. The van der Waals surface area contributed by atoms with Crippen LogP contribution in [0.15, 0.2) is 42.6 Å². The summed E-state index contributed by atoms with van der Waals surface area (Å²) in [5, 5.41) is 21.8. The first-order valence-electron chi connectivity index (χ1n) is 7.54. The van der Waals surface area contributed by atoms with E-state index >= 15 is 0 Å². The van der Waals surface area contributed by atoms with E-state index in [2.05, 4.69) is 9.72 Å². The molecule has 2 rings (SSSR count). The number of aliphatic hydroxyl groups is 1.